The van der Waals surface area contributed by atoms with Gasteiger partial charge in [-0.2, -0.15) is 0 Å². The van der Waals surface area contributed by atoms with E-state index in [1.807, 2.05) is 47.5 Å². The normalized spacial score (nSPS) is 23.7. The van der Waals surface area contributed by atoms with Crippen molar-refractivity contribution >= 4 is 49.5 Å². The summed E-state index contributed by atoms with van der Waals surface area (Å²) in [7, 11) is 3.89. The van der Waals surface area contributed by atoms with Gasteiger partial charge in [0.1, 0.15) is 11.8 Å². The van der Waals surface area contributed by atoms with Crippen LogP contribution in [0.3, 0.4) is 0 Å². The number of imidazole rings is 1. The van der Waals surface area contributed by atoms with Crippen LogP contribution >= 0.6 is 31.9 Å². The summed E-state index contributed by atoms with van der Waals surface area (Å²) in [5.74, 6) is 0.657. The number of piperazine rings is 1. The SMILES string of the molecule is COc1cccc(-c2cn(C3CCN(C(=O)N[C@@H](Cc4cc(Br)c(N)c(Br)c4)C(=O)N4CCN(C5CC6CCC(C5)N6C)CC4)CC3)c(=O)[nH]2)c1. The number of halogens is 2. The van der Waals surface area contributed by atoms with Gasteiger partial charge in [0.25, 0.3) is 0 Å². The van der Waals surface area contributed by atoms with Gasteiger partial charge in [-0.15, -0.1) is 0 Å². The number of urea groups is 1. The average Bonchev–Trinajstić information content (AvgIpc) is 3.61. The predicted octanol–water partition coefficient (Wildman–Crippen LogP) is 4.69. The summed E-state index contributed by atoms with van der Waals surface area (Å²) in [6.07, 6.45) is 8.44. The molecule has 2 unspecified atom stereocenters. The first-order valence-electron chi connectivity index (χ1n) is 18.1. The van der Waals surface area contributed by atoms with Crippen molar-refractivity contribution in [3.8, 4) is 17.0 Å². The number of hydrogen-bond donors (Lipinski definition) is 3. The molecule has 5 heterocycles. The number of nitrogen functional groups attached to an aromatic ring is 1. The minimum absolute atomic E-state index is 0.0462. The summed E-state index contributed by atoms with van der Waals surface area (Å²) < 4.78 is 8.56. The molecular formula is C37H48Br2N8O4. The lowest BCUT2D eigenvalue weighted by Gasteiger charge is -2.45. The summed E-state index contributed by atoms with van der Waals surface area (Å²) in [6.45, 7) is 3.95. The van der Waals surface area contributed by atoms with Gasteiger partial charge in [0.05, 0.1) is 18.5 Å². The van der Waals surface area contributed by atoms with Crippen LogP contribution in [0.25, 0.3) is 11.3 Å². The second-order valence-corrected chi connectivity index (χ2v) is 16.3. The molecule has 4 N–H and O–H groups in total. The maximum Gasteiger partial charge on any atom is 0.326 e. The Balaban J connectivity index is 0.997. The van der Waals surface area contributed by atoms with Crippen LogP contribution < -0.4 is 21.5 Å². The van der Waals surface area contributed by atoms with E-state index in [9.17, 15) is 14.4 Å². The number of hydrogen-bond acceptors (Lipinski definition) is 7. The molecule has 14 heteroatoms. The van der Waals surface area contributed by atoms with E-state index in [0.29, 0.717) is 69.3 Å². The third-order valence-electron chi connectivity index (χ3n) is 11.7. The van der Waals surface area contributed by atoms with E-state index in [2.05, 4.69) is 59.0 Å². The zero-order valence-electron chi connectivity index (χ0n) is 29.3. The summed E-state index contributed by atoms with van der Waals surface area (Å²) in [4.78, 5) is 52.8. The molecular weight excluding hydrogens is 780 g/mol. The lowest BCUT2D eigenvalue weighted by atomic mass is 9.96. The van der Waals surface area contributed by atoms with Gasteiger partial charge in [0.2, 0.25) is 5.91 Å². The molecule has 3 amide bonds. The molecule has 0 aliphatic carbocycles. The Morgan fingerprint density at radius 3 is 2.24 bits per heavy atom. The fraction of sp³-hybridized carbons (Fsp3) is 0.541. The third-order valence-corrected chi connectivity index (χ3v) is 13.0. The molecule has 51 heavy (non-hydrogen) atoms. The topological polar surface area (TPSA) is 132 Å². The number of rotatable bonds is 8. The molecule has 4 aliphatic heterocycles. The molecule has 3 aromatic rings. The van der Waals surface area contributed by atoms with Crippen molar-refractivity contribution in [2.24, 2.45) is 0 Å². The van der Waals surface area contributed by atoms with Crippen molar-refractivity contribution in [2.45, 2.75) is 75.2 Å². The number of nitrogens with one attached hydrogen (secondary N) is 2. The predicted molar refractivity (Wildman–Crippen MR) is 205 cm³/mol. The van der Waals surface area contributed by atoms with E-state index in [0.717, 1.165) is 44.6 Å². The van der Waals surface area contributed by atoms with Crippen molar-refractivity contribution < 1.29 is 14.3 Å². The lowest BCUT2D eigenvalue weighted by Crippen LogP contribution is -2.59. The van der Waals surface area contributed by atoms with E-state index in [4.69, 9.17) is 10.5 Å². The average molecular weight is 829 g/mol. The van der Waals surface area contributed by atoms with Crippen LogP contribution in [0.4, 0.5) is 10.5 Å². The Bertz CT molecular complexity index is 1760. The van der Waals surface area contributed by atoms with Crippen LogP contribution in [0.1, 0.15) is 50.1 Å². The Morgan fingerprint density at radius 2 is 1.59 bits per heavy atom. The maximum absolute atomic E-state index is 14.2. The second-order valence-electron chi connectivity index (χ2n) is 14.5. The van der Waals surface area contributed by atoms with E-state index in [-0.39, 0.29) is 23.7 Å². The number of ether oxygens (including phenoxy) is 1. The molecule has 0 radical (unpaired) electrons. The third kappa shape index (κ3) is 7.74. The van der Waals surface area contributed by atoms with Gasteiger partial charge in [-0.05, 0) is 107 Å². The summed E-state index contributed by atoms with van der Waals surface area (Å²) in [6, 6.07) is 12.3. The quantitative estimate of drug-likeness (QED) is 0.281. The zero-order valence-corrected chi connectivity index (χ0v) is 32.5. The Labute approximate surface area is 315 Å². The lowest BCUT2D eigenvalue weighted by molar-refractivity contribution is -0.135. The molecule has 4 aliphatic rings. The van der Waals surface area contributed by atoms with Crippen molar-refractivity contribution in [1.29, 1.82) is 0 Å². The van der Waals surface area contributed by atoms with E-state index in [1.54, 1.807) is 16.6 Å². The number of anilines is 1. The first kappa shape index (κ1) is 36.0. The molecule has 12 nitrogen and oxygen atoms in total. The summed E-state index contributed by atoms with van der Waals surface area (Å²) >= 11 is 7.08. The highest BCUT2D eigenvalue weighted by atomic mass is 79.9. The number of nitrogens with zero attached hydrogens (tertiary/aromatic N) is 5. The first-order valence-corrected chi connectivity index (χ1v) is 19.7. The number of piperidine rings is 2. The second kappa shape index (κ2) is 15.3. The van der Waals surface area contributed by atoms with Gasteiger partial charge in [-0.1, -0.05) is 12.1 Å². The van der Waals surface area contributed by atoms with Crippen LogP contribution in [0.2, 0.25) is 0 Å². The number of carbonyl (C=O) groups is 2. The molecule has 4 fully saturated rings. The molecule has 4 saturated heterocycles. The number of amides is 3. The molecule has 7 rings (SSSR count). The Kier molecular flexibility index (Phi) is 10.8. The summed E-state index contributed by atoms with van der Waals surface area (Å²) in [5, 5.41) is 3.12. The number of aromatic nitrogens is 2. The largest absolute Gasteiger partial charge is 0.497 e. The minimum atomic E-state index is -0.735. The summed E-state index contributed by atoms with van der Waals surface area (Å²) in [5.41, 5.74) is 9.06. The minimum Gasteiger partial charge on any atom is -0.497 e. The Hall–Kier alpha value is -3.33. The van der Waals surface area contributed by atoms with Crippen LogP contribution in [0.5, 0.6) is 5.75 Å². The van der Waals surface area contributed by atoms with E-state index in [1.165, 1.54) is 25.7 Å². The van der Waals surface area contributed by atoms with Gasteiger partial charge in [-0.3, -0.25) is 14.3 Å². The highest BCUT2D eigenvalue weighted by molar-refractivity contribution is 9.11. The Morgan fingerprint density at radius 1 is 0.922 bits per heavy atom. The van der Waals surface area contributed by atoms with Crippen molar-refractivity contribution in [3.63, 3.8) is 0 Å². The molecule has 0 saturated carbocycles. The number of benzene rings is 2. The number of likely N-dealkylation sites (tertiary alicyclic amines) is 1. The number of carbonyl (C=O) groups excluding carboxylic acids is 2. The number of methoxy groups -OCH3 is 1. The number of nitrogens with two attached hydrogens (primary N) is 1. The van der Waals surface area contributed by atoms with Gasteiger partial charge in [-0.25, -0.2) is 9.59 Å². The first-order chi connectivity index (χ1) is 24.6. The van der Waals surface area contributed by atoms with Crippen molar-refractivity contribution in [3.05, 3.63) is 67.6 Å². The molecule has 1 aromatic heterocycles. The monoisotopic (exact) mass is 826 g/mol. The van der Waals surface area contributed by atoms with Crippen LogP contribution in [-0.2, 0) is 11.2 Å². The van der Waals surface area contributed by atoms with Gasteiger partial charge in [0.15, 0.2) is 0 Å². The molecule has 274 valence electrons. The number of H-pyrrole nitrogens is 1. The zero-order chi connectivity index (χ0) is 35.8. The smallest absolute Gasteiger partial charge is 0.326 e. The van der Waals surface area contributed by atoms with Crippen LogP contribution in [-0.4, -0.2) is 119 Å². The van der Waals surface area contributed by atoms with Gasteiger partial charge in [0, 0.05) is 90.6 Å². The molecule has 2 bridgehead atoms. The molecule has 0 spiro atoms. The van der Waals surface area contributed by atoms with Gasteiger partial charge >= 0.3 is 11.7 Å². The highest BCUT2D eigenvalue weighted by Crippen LogP contribution is 2.37. The highest BCUT2D eigenvalue weighted by Gasteiger charge is 2.41. The fourth-order valence-electron chi connectivity index (χ4n) is 8.60. The van der Waals surface area contributed by atoms with Crippen molar-refractivity contribution in [1.82, 2.24) is 34.5 Å². The van der Waals surface area contributed by atoms with Crippen LogP contribution in [0, 0.1) is 0 Å². The fourth-order valence-corrected chi connectivity index (χ4v) is 9.89. The molecule has 2 aromatic carbocycles. The standard InChI is InChI=1S/C37H48Br2N8O4/c1-43-26-6-7-27(43)21-28(20-26)44-12-14-45(15-13-44)35(48)32(18-23-16-30(38)34(40)31(39)17-23)41-36(49)46-10-8-25(9-11-46)47-22-33(42-37(47)50)24-4-3-5-29(19-24)51-2/h3-5,16-17,19,22,25-28,32H,6-15,18,20-21,40H2,1-2H3,(H,41,49)(H,42,50)/t26?,27?,28?,32-/m0/s1. The number of fused-ring (bicyclic) bond motifs is 2. The van der Waals surface area contributed by atoms with Gasteiger partial charge < -0.3 is 35.5 Å². The molecule has 3 atom stereocenters. The maximum atomic E-state index is 14.2. The van der Waals surface area contributed by atoms with Crippen molar-refractivity contribution in [2.75, 3.05) is 59.2 Å². The number of aromatic amines is 1. The van der Waals surface area contributed by atoms with Crippen LogP contribution in [0.15, 0.2) is 56.3 Å². The van der Waals surface area contributed by atoms with E-state index < -0.39 is 6.04 Å². The van der Waals surface area contributed by atoms with E-state index >= 15 is 0 Å².